The van der Waals surface area contributed by atoms with Crippen LogP contribution in [0.3, 0.4) is 0 Å². The quantitative estimate of drug-likeness (QED) is 0.441. The average molecular weight is 366 g/mol. The number of anilines is 1. The molecule has 2 aromatic carbocycles. The van der Waals surface area contributed by atoms with Crippen molar-refractivity contribution in [3.8, 4) is 0 Å². The van der Waals surface area contributed by atoms with Crippen LogP contribution in [0.15, 0.2) is 48.5 Å². The number of hydrogen-bond donors (Lipinski definition) is 3. The smallest absolute Gasteiger partial charge is 0.340 e. The van der Waals surface area contributed by atoms with Crippen LogP contribution in [0.25, 0.3) is 10.9 Å². The molecule has 3 N–H and O–H groups in total. The summed E-state index contributed by atoms with van der Waals surface area (Å²) in [5.41, 5.74) is 3.03. The van der Waals surface area contributed by atoms with Crippen LogP contribution >= 0.6 is 0 Å². The third-order valence-corrected chi connectivity index (χ3v) is 4.37. The number of ether oxygens (including phenoxy) is 1. The molecule has 0 amide bonds. The minimum atomic E-state index is -0.929. The number of para-hydroxylation sites is 2. The maximum Gasteiger partial charge on any atom is 0.340 e. The number of aromatic amines is 1. The Kier molecular flexibility index (Phi) is 5.57. The Balaban J connectivity index is 1.81. The molecule has 1 heterocycles. The number of Topliss-reactive ketones (excluding diaryl/α,β-unsaturated/α-hetero) is 1. The number of esters is 1. The molecule has 140 valence electrons. The van der Waals surface area contributed by atoms with Gasteiger partial charge >= 0.3 is 5.97 Å². The summed E-state index contributed by atoms with van der Waals surface area (Å²) in [5.74, 6) is -0.839. The van der Waals surface area contributed by atoms with E-state index in [0.717, 1.165) is 16.6 Å². The second-order valence-corrected chi connectivity index (χ2v) is 6.28. The Hall–Kier alpha value is -3.12. The van der Waals surface area contributed by atoms with Crippen molar-refractivity contribution < 1.29 is 19.4 Å². The fourth-order valence-electron chi connectivity index (χ4n) is 3.08. The van der Waals surface area contributed by atoms with E-state index in [1.165, 1.54) is 0 Å². The van der Waals surface area contributed by atoms with Gasteiger partial charge in [0.2, 0.25) is 5.78 Å². The van der Waals surface area contributed by atoms with Gasteiger partial charge in [0.15, 0.2) is 6.10 Å². The van der Waals surface area contributed by atoms with Crippen LogP contribution in [0.5, 0.6) is 0 Å². The highest BCUT2D eigenvalue weighted by atomic mass is 16.5. The Morgan fingerprint density at radius 3 is 2.63 bits per heavy atom. The molecule has 27 heavy (non-hydrogen) atoms. The fourth-order valence-corrected chi connectivity index (χ4v) is 3.08. The topological polar surface area (TPSA) is 91.4 Å². The maximum atomic E-state index is 12.9. The number of aryl methyl sites for hydroxylation is 1. The lowest BCUT2D eigenvalue weighted by molar-refractivity contribution is 0.0320. The Bertz CT molecular complexity index is 977. The first-order valence-electron chi connectivity index (χ1n) is 8.79. The molecule has 0 aliphatic heterocycles. The first-order valence-corrected chi connectivity index (χ1v) is 8.79. The highest BCUT2D eigenvalue weighted by Crippen LogP contribution is 2.24. The van der Waals surface area contributed by atoms with Gasteiger partial charge in [-0.25, -0.2) is 4.79 Å². The molecule has 1 aromatic heterocycles. The SMILES string of the molecule is Cc1[nH]c2ccccc2c1C(=O)[C@H](C)OC(=O)c1ccccc1NCCO. The van der Waals surface area contributed by atoms with E-state index >= 15 is 0 Å². The van der Waals surface area contributed by atoms with E-state index in [0.29, 0.717) is 23.4 Å². The van der Waals surface area contributed by atoms with Gasteiger partial charge in [0.05, 0.1) is 12.2 Å². The van der Waals surface area contributed by atoms with E-state index in [4.69, 9.17) is 9.84 Å². The van der Waals surface area contributed by atoms with Crippen molar-refractivity contribution >= 4 is 28.3 Å². The first kappa shape index (κ1) is 18.7. The number of aliphatic hydroxyl groups excluding tert-OH is 1. The van der Waals surface area contributed by atoms with Gasteiger partial charge in [-0.15, -0.1) is 0 Å². The van der Waals surface area contributed by atoms with E-state index < -0.39 is 12.1 Å². The third-order valence-electron chi connectivity index (χ3n) is 4.37. The number of aliphatic hydroxyl groups is 1. The van der Waals surface area contributed by atoms with Crippen LogP contribution in [0.1, 0.15) is 33.3 Å². The molecule has 0 aliphatic carbocycles. The lowest BCUT2D eigenvalue weighted by Crippen LogP contribution is -2.25. The molecule has 0 bridgehead atoms. The molecule has 6 nitrogen and oxygen atoms in total. The van der Waals surface area contributed by atoms with Gasteiger partial charge in [0.1, 0.15) is 0 Å². The number of H-pyrrole nitrogens is 1. The molecule has 6 heteroatoms. The van der Waals surface area contributed by atoms with Crippen molar-refractivity contribution in [3.05, 3.63) is 65.4 Å². The number of carbonyl (C=O) groups excluding carboxylic acids is 2. The summed E-state index contributed by atoms with van der Waals surface area (Å²) in [6, 6.07) is 14.4. The zero-order valence-electron chi connectivity index (χ0n) is 15.3. The van der Waals surface area contributed by atoms with Crippen LogP contribution in [-0.4, -0.2) is 41.1 Å². The van der Waals surface area contributed by atoms with Crippen LogP contribution < -0.4 is 5.32 Å². The predicted molar refractivity (Wildman–Crippen MR) is 104 cm³/mol. The monoisotopic (exact) mass is 366 g/mol. The second-order valence-electron chi connectivity index (χ2n) is 6.28. The summed E-state index contributed by atoms with van der Waals surface area (Å²) < 4.78 is 5.44. The highest BCUT2D eigenvalue weighted by molar-refractivity contribution is 6.12. The molecule has 3 aromatic rings. The number of rotatable bonds is 7. The lowest BCUT2D eigenvalue weighted by atomic mass is 10.0. The number of fused-ring (bicyclic) bond motifs is 1. The molecule has 0 aliphatic rings. The number of carbonyl (C=O) groups is 2. The summed E-state index contributed by atoms with van der Waals surface area (Å²) in [6.45, 7) is 3.66. The number of benzene rings is 2. The number of aromatic nitrogens is 1. The number of nitrogens with one attached hydrogen (secondary N) is 2. The minimum Gasteiger partial charge on any atom is -0.451 e. The van der Waals surface area contributed by atoms with Crippen molar-refractivity contribution in [1.29, 1.82) is 0 Å². The van der Waals surface area contributed by atoms with E-state index in [1.54, 1.807) is 31.2 Å². The summed E-state index contributed by atoms with van der Waals surface area (Å²) >= 11 is 0. The molecule has 0 spiro atoms. The summed E-state index contributed by atoms with van der Waals surface area (Å²) in [4.78, 5) is 28.7. The van der Waals surface area contributed by atoms with Crippen molar-refractivity contribution in [1.82, 2.24) is 4.98 Å². The molecule has 0 fully saturated rings. The summed E-state index contributed by atoms with van der Waals surface area (Å²) in [5, 5.41) is 12.7. The van der Waals surface area contributed by atoms with E-state index in [2.05, 4.69) is 10.3 Å². The lowest BCUT2D eigenvalue weighted by Gasteiger charge is -2.15. The molecule has 3 rings (SSSR count). The van der Waals surface area contributed by atoms with E-state index in [-0.39, 0.29) is 12.4 Å². The van der Waals surface area contributed by atoms with Gasteiger partial charge in [-0.05, 0) is 32.0 Å². The van der Waals surface area contributed by atoms with Crippen molar-refractivity contribution in [2.45, 2.75) is 20.0 Å². The zero-order valence-corrected chi connectivity index (χ0v) is 15.3. The van der Waals surface area contributed by atoms with Crippen LogP contribution in [0, 0.1) is 6.92 Å². The molecule has 0 saturated carbocycles. The minimum absolute atomic E-state index is 0.0574. The Morgan fingerprint density at radius 2 is 1.85 bits per heavy atom. The number of hydrogen-bond acceptors (Lipinski definition) is 5. The Morgan fingerprint density at radius 1 is 1.15 bits per heavy atom. The standard InChI is InChI=1S/C21H22N2O4/c1-13-19(15-7-3-6-10-18(15)23-13)20(25)14(2)27-21(26)16-8-4-5-9-17(16)22-11-12-24/h3-10,14,22-24H,11-12H2,1-2H3/t14-/m0/s1. The van der Waals surface area contributed by atoms with Gasteiger partial charge in [-0.1, -0.05) is 30.3 Å². The van der Waals surface area contributed by atoms with Crippen molar-refractivity contribution in [3.63, 3.8) is 0 Å². The zero-order chi connectivity index (χ0) is 19.4. The average Bonchev–Trinajstić information content (AvgIpc) is 3.01. The van der Waals surface area contributed by atoms with Crippen molar-refractivity contribution in [2.24, 2.45) is 0 Å². The fraction of sp³-hybridized carbons (Fsp3) is 0.238. The normalized spacial score (nSPS) is 12.0. The maximum absolute atomic E-state index is 12.9. The van der Waals surface area contributed by atoms with Crippen LogP contribution in [-0.2, 0) is 4.74 Å². The van der Waals surface area contributed by atoms with Crippen molar-refractivity contribution in [2.75, 3.05) is 18.5 Å². The van der Waals surface area contributed by atoms with E-state index in [1.807, 2.05) is 31.2 Å². The van der Waals surface area contributed by atoms with Crippen LogP contribution in [0.4, 0.5) is 5.69 Å². The molecular formula is C21H22N2O4. The number of ketones is 1. The summed E-state index contributed by atoms with van der Waals surface area (Å²) in [7, 11) is 0. The summed E-state index contributed by atoms with van der Waals surface area (Å²) in [6.07, 6.45) is -0.929. The molecule has 1 atom stereocenters. The second kappa shape index (κ2) is 8.05. The van der Waals surface area contributed by atoms with Gasteiger partial charge < -0.3 is 20.1 Å². The van der Waals surface area contributed by atoms with Gasteiger partial charge in [0, 0.05) is 34.4 Å². The largest absolute Gasteiger partial charge is 0.451 e. The van der Waals surface area contributed by atoms with E-state index in [9.17, 15) is 9.59 Å². The van der Waals surface area contributed by atoms with Gasteiger partial charge in [-0.3, -0.25) is 4.79 Å². The molecule has 0 saturated heterocycles. The highest BCUT2D eigenvalue weighted by Gasteiger charge is 2.25. The predicted octanol–water partition coefficient (Wildman–Crippen LogP) is 3.31. The van der Waals surface area contributed by atoms with Crippen LogP contribution in [0.2, 0.25) is 0 Å². The third kappa shape index (κ3) is 3.85. The Labute approximate surface area is 157 Å². The van der Waals surface area contributed by atoms with Gasteiger partial charge in [-0.2, -0.15) is 0 Å². The van der Waals surface area contributed by atoms with Gasteiger partial charge in [0.25, 0.3) is 0 Å². The molecule has 0 radical (unpaired) electrons. The first-order chi connectivity index (χ1) is 13.0. The molecular weight excluding hydrogens is 344 g/mol. The molecule has 0 unspecified atom stereocenters.